The molecule has 1 fully saturated rings. The number of nitrogens with one attached hydrogen (secondary N) is 1. The molecular formula is C23H24BNO4. The van der Waals surface area contributed by atoms with Crippen LogP contribution in [-0.2, 0) is 9.31 Å². The highest BCUT2D eigenvalue weighted by molar-refractivity contribution is 6.62. The lowest BCUT2D eigenvalue weighted by Crippen LogP contribution is -2.41. The van der Waals surface area contributed by atoms with Gasteiger partial charge in [-0.3, -0.25) is 4.79 Å². The largest absolute Gasteiger partial charge is 0.508 e. The van der Waals surface area contributed by atoms with Crippen molar-refractivity contribution < 1.29 is 19.2 Å². The molecule has 2 N–H and O–H groups in total. The van der Waals surface area contributed by atoms with Crippen molar-refractivity contribution in [2.45, 2.75) is 38.9 Å². The molecule has 0 radical (unpaired) electrons. The maximum absolute atomic E-state index is 12.8. The van der Waals surface area contributed by atoms with Gasteiger partial charge in [0.25, 0.3) is 5.91 Å². The molecule has 4 rings (SSSR count). The molecule has 0 aliphatic carbocycles. The molecule has 0 atom stereocenters. The molecule has 0 saturated carbocycles. The van der Waals surface area contributed by atoms with E-state index in [1.807, 2.05) is 58.0 Å². The zero-order valence-corrected chi connectivity index (χ0v) is 17.0. The smallest absolute Gasteiger partial charge is 0.494 e. The molecule has 5 nitrogen and oxygen atoms in total. The van der Waals surface area contributed by atoms with E-state index < -0.39 is 18.3 Å². The first-order chi connectivity index (χ1) is 13.7. The molecule has 3 aromatic carbocycles. The average molecular weight is 389 g/mol. The van der Waals surface area contributed by atoms with Crippen molar-refractivity contribution >= 4 is 34.9 Å². The van der Waals surface area contributed by atoms with E-state index in [1.165, 1.54) is 6.07 Å². The number of phenols is 1. The van der Waals surface area contributed by atoms with Gasteiger partial charge in [-0.2, -0.15) is 0 Å². The third kappa shape index (κ3) is 3.61. The Morgan fingerprint density at radius 2 is 1.62 bits per heavy atom. The molecular weight excluding hydrogens is 365 g/mol. The summed E-state index contributed by atoms with van der Waals surface area (Å²) in [7, 11) is -0.450. The van der Waals surface area contributed by atoms with Gasteiger partial charge in [-0.15, -0.1) is 0 Å². The molecule has 0 aromatic heterocycles. The Hall–Kier alpha value is -2.83. The Kier molecular flexibility index (Phi) is 4.64. The van der Waals surface area contributed by atoms with Gasteiger partial charge in [-0.1, -0.05) is 36.4 Å². The first-order valence-electron chi connectivity index (χ1n) is 9.65. The fourth-order valence-electron chi connectivity index (χ4n) is 3.41. The molecule has 0 spiro atoms. The van der Waals surface area contributed by atoms with Crippen LogP contribution in [0.4, 0.5) is 5.69 Å². The predicted octanol–water partition coefficient (Wildman–Crippen LogP) is 4.10. The third-order valence-corrected chi connectivity index (χ3v) is 5.78. The van der Waals surface area contributed by atoms with Crippen LogP contribution in [0, 0.1) is 0 Å². The minimum Gasteiger partial charge on any atom is -0.508 e. The zero-order chi connectivity index (χ0) is 20.8. The summed E-state index contributed by atoms with van der Waals surface area (Å²) in [4.78, 5) is 12.8. The van der Waals surface area contributed by atoms with Gasteiger partial charge < -0.3 is 19.7 Å². The number of amides is 1. The first-order valence-corrected chi connectivity index (χ1v) is 9.65. The first kappa shape index (κ1) is 19.5. The molecule has 148 valence electrons. The highest BCUT2D eigenvalue weighted by atomic mass is 16.7. The summed E-state index contributed by atoms with van der Waals surface area (Å²) in [6, 6.07) is 18.0. The van der Waals surface area contributed by atoms with Crippen LogP contribution >= 0.6 is 0 Å². The molecule has 1 aliphatic rings. The summed E-state index contributed by atoms with van der Waals surface area (Å²) in [5, 5.41) is 14.2. The quantitative estimate of drug-likeness (QED) is 0.662. The van der Waals surface area contributed by atoms with Crippen LogP contribution in [0.1, 0.15) is 38.1 Å². The fourth-order valence-corrected chi connectivity index (χ4v) is 3.41. The van der Waals surface area contributed by atoms with Crippen molar-refractivity contribution in [2.75, 3.05) is 5.32 Å². The summed E-state index contributed by atoms with van der Waals surface area (Å²) in [5.74, 6) is -0.127. The number of hydrogen-bond donors (Lipinski definition) is 2. The summed E-state index contributed by atoms with van der Waals surface area (Å²) in [5.41, 5.74) is 1.21. The minimum atomic E-state index is -0.450. The van der Waals surface area contributed by atoms with Crippen LogP contribution in [0.25, 0.3) is 10.8 Å². The lowest BCUT2D eigenvalue weighted by atomic mass is 9.78. The Labute approximate surface area is 170 Å². The number of rotatable bonds is 3. The second-order valence-corrected chi connectivity index (χ2v) is 8.38. The van der Waals surface area contributed by atoms with E-state index in [0.717, 1.165) is 16.2 Å². The maximum Gasteiger partial charge on any atom is 0.494 e. The van der Waals surface area contributed by atoms with Crippen molar-refractivity contribution in [3.05, 3.63) is 66.2 Å². The molecule has 6 heteroatoms. The van der Waals surface area contributed by atoms with E-state index >= 15 is 0 Å². The summed E-state index contributed by atoms with van der Waals surface area (Å²) >= 11 is 0. The molecule has 3 aromatic rings. The second kappa shape index (κ2) is 6.90. The van der Waals surface area contributed by atoms with Crippen LogP contribution in [0.2, 0.25) is 0 Å². The van der Waals surface area contributed by atoms with Gasteiger partial charge >= 0.3 is 7.12 Å². The monoisotopic (exact) mass is 389 g/mol. The number of carbonyl (C=O) groups excluding carboxylic acids is 1. The maximum atomic E-state index is 12.8. The van der Waals surface area contributed by atoms with Crippen molar-refractivity contribution in [1.82, 2.24) is 0 Å². The van der Waals surface area contributed by atoms with Crippen LogP contribution in [-0.4, -0.2) is 29.3 Å². The van der Waals surface area contributed by atoms with Crippen LogP contribution in [0.3, 0.4) is 0 Å². The van der Waals surface area contributed by atoms with Gasteiger partial charge in [0.05, 0.1) is 11.2 Å². The molecule has 1 aliphatic heterocycles. The lowest BCUT2D eigenvalue weighted by Gasteiger charge is -2.32. The van der Waals surface area contributed by atoms with Gasteiger partial charge in [0.2, 0.25) is 0 Å². The van der Waals surface area contributed by atoms with Gasteiger partial charge in [0, 0.05) is 17.3 Å². The van der Waals surface area contributed by atoms with E-state index in [2.05, 4.69) is 5.32 Å². The zero-order valence-electron chi connectivity index (χ0n) is 17.0. The average Bonchev–Trinajstić information content (AvgIpc) is 2.88. The summed E-state index contributed by atoms with van der Waals surface area (Å²) < 4.78 is 12.3. The Morgan fingerprint density at radius 1 is 0.931 bits per heavy atom. The highest BCUT2D eigenvalue weighted by Crippen LogP contribution is 2.36. The van der Waals surface area contributed by atoms with Crippen LogP contribution in [0.15, 0.2) is 60.7 Å². The topological polar surface area (TPSA) is 67.8 Å². The van der Waals surface area contributed by atoms with Gasteiger partial charge in [0.15, 0.2) is 0 Å². The third-order valence-electron chi connectivity index (χ3n) is 5.78. The van der Waals surface area contributed by atoms with Crippen LogP contribution < -0.4 is 10.8 Å². The fraction of sp³-hybridized carbons (Fsp3) is 0.261. The van der Waals surface area contributed by atoms with Crippen molar-refractivity contribution in [3.63, 3.8) is 0 Å². The van der Waals surface area contributed by atoms with Gasteiger partial charge in [-0.25, -0.2) is 0 Å². The number of carbonyl (C=O) groups is 1. The summed E-state index contributed by atoms with van der Waals surface area (Å²) in [6.07, 6.45) is 0. The van der Waals surface area contributed by atoms with Gasteiger partial charge in [-0.05, 0) is 62.1 Å². The second-order valence-electron chi connectivity index (χ2n) is 8.38. The normalized spacial score (nSPS) is 17.4. The Balaban J connectivity index is 1.64. The van der Waals surface area contributed by atoms with E-state index in [9.17, 15) is 9.90 Å². The van der Waals surface area contributed by atoms with Crippen molar-refractivity contribution in [3.8, 4) is 5.75 Å². The summed E-state index contributed by atoms with van der Waals surface area (Å²) in [6.45, 7) is 8.10. The lowest BCUT2D eigenvalue weighted by molar-refractivity contribution is 0.00578. The predicted molar refractivity (Wildman–Crippen MR) is 116 cm³/mol. The highest BCUT2D eigenvalue weighted by Gasteiger charge is 2.51. The SMILES string of the molecule is CC1(C)OB(c2ccc3c(C(=O)Nc4cccc(O)c4)cccc3c2)OC1(C)C. The molecule has 0 unspecified atom stereocenters. The van der Waals surface area contributed by atoms with Crippen LogP contribution in [0.5, 0.6) is 5.75 Å². The number of fused-ring (bicyclic) bond motifs is 1. The van der Waals surface area contributed by atoms with E-state index in [0.29, 0.717) is 11.3 Å². The van der Waals surface area contributed by atoms with E-state index in [4.69, 9.17) is 9.31 Å². The number of benzene rings is 3. The van der Waals surface area contributed by atoms with Crippen molar-refractivity contribution in [1.29, 1.82) is 0 Å². The number of aromatic hydroxyl groups is 1. The molecule has 1 amide bonds. The number of anilines is 1. The molecule has 29 heavy (non-hydrogen) atoms. The van der Waals surface area contributed by atoms with E-state index in [1.54, 1.807) is 24.3 Å². The standard InChI is InChI=1S/C23H24BNO4/c1-22(2)23(3,4)29-24(28-22)16-11-12-19-15(13-16)7-5-10-20(19)21(27)25-17-8-6-9-18(26)14-17/h5-14,26H,1-4H3,(H,25,27). The number of hydrogen-bond acceptors (Lipinski definition) is 4. The number of phenolic OH excluding ortho intramolecular Hbond substituents is 1. The molecule has 1 heterocycles. The van der Waals surface area contributed by atoms with Crippen molar-refractivity contribution in [2.24, 2.45) is 0 Å². The minimum absolute atomic E-state index is 0.104. The molecule has 1 saturated heterocycles. The van der Waals surface area contributed by atoms with E-state index in [-0.39, 0.29) is 11.7 Å². The Bertz CT molecular complexity index is 1080. The molecule has 0 bridgehead atoms. The van der Waals surface area contributed by atoms with Gasteiger partial charge in [0.1, 0.15) is 5.75 Å². The Morgan fingerprint density at radius 3 is 2.31 bits per heavy atom.